The molecule has 8 nitrogen and oxygen atoms in total. The number of benzene rings is 2. The van der Waals surface area contributed by atoms with Gasteiger partial charge in [-0.25, -0.2) is 13.6 Å². The van der Waals surface area contributed by atoms with Gasteiger partial charge >= 0.3 is 12.2 Å². The SMILES string of the molecule is O=C(N[C@@H](c1ccccc1)c1ccc(C2CC2)c(F)c1)[C@@H]1C[C@@H](F)CN1C(=O)CNC(=O)N1CCN(CC(F)(F)F)CC1. The Morgan fingerprint density at radius 3 is 2.28 bits per heavy atom. The van der Waals surface area contributed by atoms with Gasteiger partial charge in [-0.1, -0.05) is 42.5 Å². The summed E-state index contributed by atoms with van der Waals surface area (Å²) in [5.74, 6) is -1.42. The second-order valence-corrected chi connectivity index (χ2v) is 11.3. The maximum absolute atomic E-state index is 14.9. The maximum Gasteiger partial charge on any atom is 0.401 e. The summed E-state index contributed by atoms with van der Waals surface area (Å²) < 4.78 is 67.4. The standard InChI is InChI=1S/C30H34F5N5O3/c31-22-15-25(40(17-22)26(41)16-36-29(43)39-12-10-38(11-13-39)18-30(33,34)35)28(42)37-27(20-4-2-1-3-5-20)21-8-9-23(19-6-7-19)24(32)14-21/h1-5,8-9,14,19,22,25,27H,6-7,10-13,15-18H2,(H,36,43)(H,37,42)/t22-,25+,27+/m1/s1. The van der Waals surface area contributed by atoms with Gasteiger partial charge in [-0.15, -0.1) is 0 Å². The minimum Gasteiger partial charge on any atom is -0.343 e. The second-order valence-electron chi connectivity index (χ2n) is 11.3. The van der Waals surface area contributed by atoms with Crippen molar-refractivity contribution < 1.29 is 36.3 Å². The summed E-state index contributed by atoms with van der Waals surface area (Å²) in [6.45, 7) is -1.71. The maximum atomic E-state index is 14.9. The van der Waals surface area contributed by atoms with Crippen molar-refractivity contribution in [2.24, 2.45) is 0 Å². The number of carbonyl (C=O) groups is 3. The molecule has 2 heterocycles. The van der Waals surface area contributed by atoms with Crippen LogP contribution in [0.2, 0.25) is 0 Å². The van der Waals surface area contributed by atoms with Gasteiger partial charge in [0.1, 0.15) is 18.0 Å². The molecule has 0 aromatic heterocycles. The van der Waals surface area contributed by atoms with E-state index in [9.17, 15) is 36.3 Å². The van der Waals surface area contributed by atoms with Gasteiger partial charge in [-0.2, -0.15) is 13.2 Å². The molecule has 2 N–H and O–H groups in total. The zero-order valence-electron chi connectivity index (χ0n) is 23.5. The van der Waals surface area contributed by atoms with Gasteiger partial charge in [0.25, 0.3) is 0 Å². The Hall–Kier alpha value is -3.74. The number of hydrogen-bond acceptors (Lipinski definition) is 4. The summed E-state index contributed by atoms with van der Waals surface area (Å²) >= 11 is 0. The predicted octanol–water partition coefficient (Wildman–Crippen LogP) is 3.74. The highest BCUT2D eigenvalue weighted by molar-refractivity contribution is 5.91. The van der Waals surface area contributed by atoms with Crippen LogP contribution in [0.3, 0.4) is 0 Å². The average molecular weight is 608 g/mol. The van der Waals surface area contributed by atoms with E-state index in [1.807, 2.05) is 0 Å². The number of urea groups is 1. The molecular weight excluding hydrogens is 573 g/mol. The molecule has 0 spiro atoms. The van der Waals surface area contributed by atoms with E-state index in [1.165, 1.54) is 15.9 Å². The van der Waals surface area contributed by atoms with Crippen LogP contribution >= 0.6 is 0 Å². The molecule has 232 valence electrons. The van der Waals surface area contributed by atoms with Crippen LogP contribution in [0.1, 0.15) is 47.9 Å². The largest absolute Gasteiger partial charge is 0.401 e. The fourth-order valence-corrected chi connectivity index (χ4v) is 5.73. The third-order valence-corrected chi connectivity index (χ3v) is 8.12. The van der Waals surface area contributed by atoms with E-state index in [2.05, 4.69) is 10.6 Å². The lowest BCUT2D eigenvalue weighted by atomic mass is 9.96. The first-order valence-electron chi connectivity index (χ1n) is 14.4. The molecular formula is C30H34F5N5O3. The average Bonchev–Trinajstić information content (AvgIpc) is 3.74. The van der Waals surface area contributed by atoms with Gasteiger partial charge in [0, 0.05) is 32.6 Å². The fraction of sp³-hybridized carbons (Fsp3) is 0.500. The molecule has 1 aliphatic carbocycles. The van der Waals surface area contributed by atoms with Crippen LogP contribution in [0.15, 0.2) is 48.5 Å². The Labute approximate surface area is 246 Å². The minimum absolute atomic E-state index is 0.0363. The first-order valence-corrected chi connectivity index (χ1v) is 14.4. The summed E-state index contributed by atoms with van der Waals surface area (Å²) in [4.78, 5) is 42.7. The summed E-state index contributed by atoms with van der Waals surface area (Å²) in [5.41, 5.74) is 1.83. The van der Waals surface area contributed by atoms with E-state index in [0.29, 0.717) is 16.7 Å². The van der Waals surface area contributed by atoms with Crippen molar-refractivity contribution in [1.82, 2.24) is 25.3 Å². The topological polar surface area (TPSA) is 85.0 Å². The highest BCUT2D eigenvalue weighted by Gasteiger charge is 2.41. The van der Waals surface area contributed by atoms with Crippen LogP contribution in [0.5, 0.6) is 0 Å². The highest BCUT2D eigenvalue weighted by Crippen LogP contribution is 2.42. The van der Waals surface area contributed by atoms with Crippen LogP contribution in [-0.2, 0) is 9.59 Å². The van der Waals surface area contributed by atoms with Crippen LogP contribution < -0.4 is 10.6 Å². The van der Waals surface area contributed by atoms with Crippen LogP contribution in [0, 0.1) is 5.82 Å². The third kappa shape index (κ3) is 7.81. The zero-order valence-corrected chi connectivity index (χ0v) is 23.5. The molecule has 2 aromatic carbocycles. The van der Waals surface area contributed by atoms with Crippen molar-refractivity contribution in [3.8, 4) is 0 Å². The zero-order chi connectivity index (χ0) is 30.7. The van der Waals surface area contributed by atoms with Crippen molar-refractivity contribution >= 4 is 17.8 Å². The molecule has 3 atom stereocenters. The molecule has 3 aliphatic rings. The number of piperazine rings is 1. The molecule has 2 saturated heterocycles. The number of rotatable bonds is 8. The highest BCUT2D eigenvalue weighted by atomic mass is 19.4. The van der Waals surface area contributed by atoms with Crippen LogP contribution in [0.4, 0.5) is 26.7 Å². The molecule has 4 amide bonds. The fourth-order valence-electron chi connectivity index (χ4n) is 5.73. The molecule has 43 heavy (non-hydrogen) atoms. The summed E-state index contributed by atoms with van der Waals surface area (Å²) in [5, 5.41) is 5.32. The van der Waals surface area contributed by atoms with E-state index in [0.717, 1.165) is 17.7 Å². The van der Waals surface area contributed by atoms with E-state index in [1.54, 1.807) is 42.5 Å². The van der Waals surface area contributed by atoms with Gasteiger partial charge in [-0.05, 0) is 41.5 Å². The Bertz CT molecular complexity index is 1320. The quantitative estimate of drug-likeness (QED) is 0.448. The lowest BCUT2D eigenvalue weighted by molar-refractivity contribution is -0.148. The summed E-state index contributed by atoms with van der Waals surface area (Å²) in [6.07, 6.45) is -4.15. The molecule has 5 rings (SSSR count). The van der Waals surface area contributed by atoms with Crippen LogP contribution in [-0.4, -0.2) is 96.7 Å². The number of hydrogen-bond donors (Lipinski definition) is 2. The second kappa shape index (κ2) is 12.9. The predicted molar refractivity (Wildman–Crippen MR) is 147 cm³/mol. The van der Waals surface area contributed by atoms with E-state index < -0.39 is 55.4 Å². The molecule has 0 radical (unpaired) electrons. The smallest absolute Gasteiger partial charge is 0.343 e. The first-order chi connectivity index (χ1) is 20.5. The van der Waals surface area contributed by atoms with Crippen molar-refractivity contribution in [2.45, 2.75) is 49.6 Å². The van der Waals surface area contributed by atoms with Crippen molar-refractivity contribution in [3.63, 3.8) is 0 Å². The van der Waals surface area contributed by atoms with E-state index in [4.69, 9.17) is 0 Å². The van der Waals surface area contributed by atoms with Crippen molar-refractivity contribution in [2.75, 3.05) is 45.8 Å². The summed E-state index contributed by atoms with van der Waals surface area (Å²) in [6, 6.07) is 11.3. The Kier molecular flexibility index (Phi) is 9.19. The number of carbonyl (C=O) groups excluding carboxylic acids is 3. The van der Waals surface area contributed by atoms with Gasteiger partial charge in [-0.3, -0.25) is 14.5 Å². The molecule has 13 heteroatoms. The monoisotopic (exact) mass is 607 g/mol. The minimum atomic E-state index is -4.33. The summed E-state index contributed by atoms with van der Waals surface area (Å²) in [7, 11) is 0. The Morgan fingerprint density at radius 2 is 1.65 bits per heavy atom. The lowest BCUT2D eigenvalue weighted by Gasteiger charge is -2.35. The molecule has 3 fully saturated rings. The lowest BCUT2D eigenvalue weighted by Crippen LogP contribution is -2.55. The number of halogens is 5. The normalized spacial score (nSPS) is 21.9. The van der Waals surface area contributed by atoms with Crippen molar-refractivity contribution in [1.29, 1.82) is 0 Å². The molecule has 2 aromatic rings. The van der Waals surface area contributed by atoms with E-state index >= 15 is 0 Å². The molecule has 0 unspecified atom stereocenters. The molecule has 1 saturated carbocycles. The van der Waals surface area contributed by atoms with Gasteiger partial charge in [0.05, 0.1) is 25.7 Å². The number of nitrogens with zero attached hydrogens (tertiary/aromatic N) is 3. The number of alkyl halides is 4. The van der Waals surface area contributed by atoms with Crippen molar-refractivity contribution in [3.05, 3.63) is 71.0 Å². The molecule has 2 aliphatic heterocycles. The van der Waals surface area contributed by atoms with Crippen LogP contribution in [0.25, 0.3) is 0 Å². The van der Waals surface area contributed by atoms with Gasteiger partial charge in [0.15, 0.2) is 0 Å². The number of amides is 4. The first kappa shape index (κ1) is 30.7. The van der Waals surface area contributed by atoms with E-state index in [-0.39, 0.29) is 50.9 Å². The Balaban J connectivity index is 1.21. The van der Waals surface area contributed by atoms with Gasteiger partial charge in [0.2, 0.25) is 11.8 Å². The Morgan fingerprint density at radius 1 is 0.953 bits per heavy atom. The third-order valence-electron chi connectivity index (χ3n) is 8.12. The molecule has 0 bridgehead atoms. The number of nitrogens with one attached hydrogen (secondary N) is 2. The van der Waals surface area contributed by atoms with Gasteiger partial charge < -0.3 is 20.4 Å². The number of likely N-dealkylation sites (tertiary alicyclic amines) is 1.